The van der Waals surface area contributed by atoms with Crippen LogP contribution in [0.15, 0.2) is 60.7 Å². The Morgan fingerprint density at radius 1 is 0.811 bits per heavy atom. The molecule has 2 aromatic rings. The molecule has 198 valence electrons. The number of nitrogens with two attached hydrogens (primary N) is 1. The Morgan fingerprint density at radius 2 is 1.32 bits per heavy atom. The van der Waals surface area contributed by atoms with Crippen molar-refractivity contribution in [1.29, 1.82) is 0 Å². The lowest BCUT2D eigenvalue weighted by Crippen LogP contribution is -2.57. The highest BCUT2D eigenvalue weighted by molar-refractivity contribution is 5.97. The summed E-state index contributed by atoms with van der Waals surface area (Å²) in [6.07, 6.45) is -0.796. The van der Waals surface area contributed by atoms with Gasteiger partial charge in [0, 0.05) is 12.3 Å². The maximum Gasteiger partial charge on any atom is 0.408 e. The Hall–Kier alpha value is -4.41. The first-order valence-corrected chi connectivity index (χ1v) is 11.4. The molecule has 0 aliphatic heterocycles. The van der Waals surface area contributed by atoms with Gasteiger partial charge in [-0.2, -0.15) is 0 Å². The Morgan fingerprint density at radius 3 is 1.81 bits per heavy atom. The average molecular weight is 514 g/mol. The van der Waals surface area contributed by atoms with Crippen LogP contribution in [0.3, 0.4) is 0 Å². The largest absolute Gasteiger partial charge is 0.468 e. The monoisotopic (exact) mass is 513 g/mol. The minimum atomic E-state index is -1.52. The molecule has 0 unspecified atom stereocenters. The van der Waals surface area contributed by atoms with Gasteiger partial charge in [0.15, 0.2) is 5.92 Å². The Kier molecular flexibility index (Phi) is 11.1. The second-order valence-corrected chi connectivity index (χ2v) is 8.22. The number of carbonyl (C=O) groups is 5. The second kappa shape index (κ2) is 14.2. The molecule has 2 aromatic carbocycles. The Labute approximate surface area is 214 Å². The molecule has 0 radical (unpaired) electrons. The summed E-state index contributed by atoms with van der Waals surface area (Å²) in [5, 5.41) is 4.96. The summed E-state index contributed by atoms with van der Waals surface area (Å²) >= 11 is 0. The summed E-state index contributed by atoms with van der Waals surface area (Å²) < 4.78 is 14.5. The van der Waals surface area contributed by atoms with Crippen LogP contribution in [0.25, 0.3) is 0 Å². The van der Waals surface area contributed by atoms with Crippen LogP contribution in [0.4, 0.5) is 4.79 Å². The van der Waals surface area contributed by atoms with Crippen molar-refractivity contribution in [2.24, 2.45) is 17.6 Å². The minimum absolute atomic E-state index is 0.0206. The third-order valence-electron chi connectivity index (χ3n) is 5.67. The van der Waals surface area contributed by atoms with Crippen molar-refractivity contribution < 1.29 is 38.2 Å². The Balaban J connectivity index is 2.22. The first kappa shape index (κ1) is 28.8. The van der Waals surface area contributed by atoms with E-state index in [0.717, 1.165) is 25.3 Å². The Bertz CT molecular complexity index is 1060. The molecule has 0 aliphatic rings. The zero-order valence-corrected chi connectivity index (χ0v) is 20.8. The zero-order chi connectivity index (χ0) is 27.4. The predicted molar refractivity (Wildman–Crippen MR) is 132 cm³/mol. The number of alkyl carbamates (subject to hydrolysis) is 1. The van der Waals surface area contributed by atoms with Gasteiger partial charge in [-0.1, -0.05) is 67.6 Å². The van der Waals surface area contributed by atoms with E-state index in [1.54, 1.807) is 54.6 Å². The van der Waals surface area contributed by atoms with Crippen LogP contribution in [-0.4, -0.2) is 56.1 Å². The van der Waals surface area contributed by atoms with Crippen LogP contribution < -0.4 is 16.4 Å². The number of carbonyl (C=O) groups excluding carboxylic acids is 5. The number of benzene rings is 2. The smallest absolute Gasteiger partial charge is 0.408 e. The van der Waals surface area contributed by atoms with Crippen molar-refractivity contribution in [3.05, 3.63) is 71.8 Å². The van der Waals surface area contributed by atoms with E-state index in [9.17, 15) is 24.0 Å². The number of esters is 2. The van der Waals surface area contributed by atoms with Crippen LogP contribution >= 0.6 is 0 Å². The fraction of sp³-hybridized carbons (Fsp3) is 0.346. The average Bonchev–Trinajstić information content (AvgIpc) is 2.90. The lowest BCUT2D eigenvalue weighted by Gasteiger charge is -2.28. The number of primary amides is 1. The van der Waals surface area contributed by atoms with Crippen LogP contribution in [0.1, 0.15) is 18.1 Å². The van der Waals surface area contributed by atoms with E-state index in [4.69, 9.17) is 10.5 Å². The van der Waals surface area contributed by atoms with Crippen LogP contribution in [-0.2, 0) is 46.4 Å². The van der Waals surface area contributed by atoms with Crippen molar-refractivity contribution in [3.8, 4) is 0 Å². The fourth-order valence-corrected chi connectivity index (χ4v) is 3.65. The third kappa shape index (κ3) is 8.64. The number of amides is 3. The van der Waals surface area contributed by atoms with Gasteiger partial charge >= 0.3 is 18.0 Å². The highest BCUT2D eigenvalue weighted by Gasteiger charge is 2.42. The summed E-state index contributed by atoms with van der Waals surface area (Å²) in [4.78, 5) is 62.5. The molecule has 0 aromatic heterocycles. The van der Waals surface area contributed by atoms with Crippen molar-refractivity contribution >= 4 is 29.8 Å². The van der Waals surface area contributed by atoms with Gasteiger partial charge in [0.2, 0.25) is 11.8 Å². The van der Waals surface area contributed by atoms with Gasteiger partial charge in [-0.25, -0.2) is 4.79 Å². The van der Waals surface area contributed by atoms with E-state index in [2.05, 4.69) is 20.1 Å². The molecule has 0 saturated carbocycles. The fourth-order valence-electron chi connectivity index (χ4n) is 3.65. The number of hydrogen-bond donors (Lipinski definition) is 3. The minimum Gasteiger partial charge on any atom is -0.468 e. The topological polar surface area (TPSA) is 163 Å². The highest BCUT2D eigenvalue weighted by Crippen LogP contribution is 2.20. The van der Waals surface area contributed by atoms with Gasteiger partial charge in [-0.15, -0.1) is 0 Å². The van der Waals surface area contributed by atoms with Gasteiger partial charge in [0.25, 0.3) is 0 Å². The molecule has 0 spiro atoms. The maximum absolute atomic E-state index is 13.3. The molecule has 3 atom stereocenters. The molecule has 37 heavy (non-hydrogen) atoms. The first-order chi connectivity index (χ1) is 17.7. The SMILES string of the molecule is COC(=O)C(C(=O)OC)[C@@H](C)[C@H](NC(=O)[C@H](Cc1ccccc1)NC(=O)OCc1ccccc1)C(N)=O. The van der Waals surface area contributed by atoms with Crippen molar-refractivity contribution in [2.75, 3.05) is 14.2 Å². The van der Waals surface area contributed by atoms with Gasteiger partial charge in [-0.05, 0) is 11.1 Å². The summed E-state index contributed by atoms with van der Waals surface area (Å²) in [7, 11) is 2.15. The molecule has 0 aliphatic carbocycles. The van der Waals surface area contributed by atoms with Crippen molar-refractivity contribution in [3.63, 3.8) is 0 Å². The first-order valence-electron chi connectivity index (χ1n) is 11.4. The molecule has 3 amide bonds. The summed E-state index contributed by atoms with van der Waals surface area (Å²) in [6, 6.07) is 15.2. The number of nitrogens with one attached hydrogen (secondary N) is 2. The summed E-state index contributed by atoms with van der Waals surface area (Å²) in [5.74, 6) is -6.33. The van der Waals surface area contributed by atoms with Gasteiger partial charge in [0.1, 0.15) is 18.7 Å². The number of methoxy groups -OCH3 is 2. The second-order valence-electron chi connectivity index (χ2n) is 8.22. The quantitative estimate of drug-likeness (QED) is 0.216. The van der Waals surface area contributed by atoms with E-state index in [1.807, 2.05) is 6.07 Å². The third-order valence-corrected chi connectivity index (χ3v) is 5.67. The van der Waals surface area contributed by atoms with E-state index in [-0.39, 0.29) is 13.0 Å². The van der Waals surface area contributed by atoms with E-state index in [0.29, 0.717) is 0 Å². The van der Waals surface area contributed by atoms with Crippen molar-refractivity contribution in [2.45, 2.75) is 32.0 Å². The molecule has 11 heteroatoms. The molecule has 0 saturated heterocycles. The van der Waals surface area contributed by atoms with Crippen LogP contribution in [0.2, 0.25) is 0 Å². The molecule has 11 nitrogen and oxygen atoms in total. The molecule has 4 N–H and O–H groups in total. The molecular formula is C26H31N3O8. The number of rotatable bonds is 12. The van der Waals surface area contributed by atoms with Crippen LogP contribution in [0, 0.1) is 11.8 Å². The summed E-state index contributed by atoms with van der Waals surface area (Å²) in [6.45, 7) is 1.36. The normalized spacial score (nSPS) is 13.0. The zero-order valence-electron chi connectivity index (χ0n) is 20.8. The number of hydrogen-bond acceptors (Lipinski definition) is 8. The lowest BCUT2D eigenvalue weighted by atomic mass is 9.86. The van der Waals surface area contributed by atoms with E-state index in [1.165, 1.54) is 6.92 Å². The van der Waals surface area contributed by atoms with Crippen molar-refractivity contribution in [1.82, 2.24) is 10.6 Å². The molecule has 0 bridgehead atoms. The standard InChI is InChI=1S/C26H31N3O8/c1-16(20(24(32)35-2)25(33)36-3)21(22(27)30)29-23(31)19(14-17-10-6-4-7-11-17)28-26(34)37-15-18-12-8-5-9-13-18/h4-13,16,19-21H,14-15H2,1-3H3,(H2,27,30)(H,28,34)(H,29,31)/t16-,19+,21+/m1/s1. The van der Waals surface area contributed by atoms with Gasteiger partial charge < -0.3 is 30.6 Å². The maximum atomic E-state index is 13.3. The lowest BCUT2D eigenvalue weighted by molar-refractivity contribution is -0.162. The van der Waals surface area contributed by atoms with E-state index >= 15 is 0 Å². The van der Waals surface area contributed by atoms with E-state index < -0.39 is 53.8 Å². The highest BCUT2D eigenvalue weighted by atomic mass is 16.6. The number of ether oxygens (including phenoxy) is 3. The molecule has 0 heterocycles. The van der Waals surface area contributed by atoms with Crippen LogP contribution in [0.5, 0.6) is 0 Å². The summed E-state index contributed by atoms with van der Waals surface area (Å²) in [5.41, 5.74) is 6.97. The predicted octanol–water partition coefficient (Wildman–Crippen LogP) is 1.09. The molecular weight excluding hydrogens is 482 g/mol. The molecule has 0 fully saturated rings. The van der Waals surface area contributed by atoms with Gasteiger partial charge in [0.05, 0.1) is 14.2 Å². The van der Waals surface area contributed by atoms with Gasteiger partial charge in [-0.3, -0.25) is 19.2 Å². The molecule has 2 rings (SSSR count).